The fourth-order valence-corrected chi connectivity index (χ4v) is 6.97. The van der Waals surface area contributed by atoms with Crippen LogP contribution in [0.1, 0.15) is 63.0 Å². The predicted molar refractivity (Wildman–Crippen MR) is 122 cm³/mol. The second-order valence-electron chi connectivity index (χ2n) is 11.0. The number of primary amides is 1. The maximum absolute atomic E-state index is 13.5. The highest BCUT2D eigenvalue weighted by molar-refractivity contribution is 5.88. The highest BCUT2D eigenvalue weighted by Crippen LogP contribution is 2.60. The van der Waals surface area contributed by atoms with Gasteiger partial charge in [0, 0.05) is 17.0 Å². The molecule has 4 aliphatic rings. The lowest BCUT2D eigenvalue weighted by Gasteiger charge is -2.59. The summed E-state index contributed by atoms with van der Waals surface area (Å²) < 4.78 is 5.30. The van der Waals surface area contributed by atoms with Gasteiger partial charge >= 0.3 is 0 Å². The zero-order valence-electron chi connectivity index (χ0n) is 19.4. The molecule has 3 N–H and O–H groups in total. The summed E-state index contributed by atoms with van der Waals surface area (Å²) in [5.74, 6) is 2.00. The summed E-state index contributed by atoms with van der Waals surface area (Å²) in [6.45, 7) is 7.81. The summed E-state index contributed by atoms with van der Waals surface area (Å²) in [6, 6.07) is 8.28. The number of carbonyl (C=O) groups excluding carboxylic acids is 2. The molecule has 0 aliphatic heterocycles. The van der Waals surface area contributed by atoms with Crippen molar-refractivity contribution in [1.29, 1.82) is 0 Å². The summed E-state index contributed by atoms with van der Waals surface area (Å²) >= 11 is 0. The van der Waals surface area contributed by atoms with Crippen LogP contribution in [0.25, 0.3) is 11.1 Å². The van der Waals surface area contributed by atoms with Crippen molar-refractivity contribution in [2.75, 3.05) is 0 Å². The van der Waals surface area contributed by atoms with Crippen molar-refractivity contribution in [3.8, 4) is 11.1 Å². The number of benzene rings is 1. The van der Waals surface area contributed by atoms with Gasteiger partial charge in [0.2, 0.25) is 11.8 Å². The van der Waals surface area contributed by atoms with Gasteiger partial charge in [0.15, 0.2) is 0 Å². The van der Waals surface area contributed by atoms with Gasteiger partial charge in [0.25, 0.3) is 0 Å². The van der Waals surface area contributed by atoms with E-state index in [4.69, 9.17) is 10.3 Å². The van der Waals surface area contributed by atoms with Crippen LogP contribution in [0, 0.1) is 37.0 Å². The Bertz CT molecular complexity index is 1030. The molecule has 2 amide bonds. The Kier molecular flexibility index (Phi) is 4.77. The number of aromatic nitrogens is 1. The first kappa shape index (κ1) is 21.2. The highest BCUT2D eigenvalue weighted by atomic mass is 16.5. The van der Waals surface area contributed by atoms with E-state index < -0.39 is 5.41 Å². The van der Waals surface area contributed by atoms with Crippen LogP contribution in [-0.2, 0) is 15.0 Å². The Morgan fingerprint density at radius 2 is 1.72 bits per heavy atom. The lowest BCUT2D eigenvalue weighted by atomic mass is 9.47. The van der Waals surface area contributed by atoms with E-state index in [9.17, 15) is 9.59 Å². The van der Waals surface area contributed by atoms with Gasteiger partial charge in [-0.2, -0.15) is 0 Å². The molecule has 3 unspecified atom stereocenters. The number of nitrogens with one attached hydrogen (secondary N) is 1. The van der Waals surface area contributed by atoms with Crippen LogP contribution in [0.5, 0.6) is 0 Å². The molecule has 6 nitrogen and oxygen atoms in total. The molecule has 1 aromatic carbocycles. The Balaban J connectivity index is 1.33. The minimum absolute atomic E-state index is 0.0492. The third kappa shape index (κ3) is 3.18. The molecular formula is C26H33N3O3. The fourth-order valence-electron chi connectivity index (χ4n) is 6.97. The van der Waals surface area contributed by atoms with Crippen molar-refractivity contribution in [1.82, 2.24) is 10.5 Å². The van der Waals surface area contributed by atoms with E-state index in [0.717, 1.165) is 60.2 Å². The number of nitrogens with two attached hydrogens (primary N) is 1. The maximum atomic E-state index is 13.5. The lowest BCUT2D eigenvalue weighted by Crippen LogP contribution is -2.63. The minimum Gasteiger partial charge on any atom is -0.369 e. The molecule has 1 heterocycles. The first-order chi connectivity index (χ1) is 15.1. The maximum Gasteiger partial charge on any atom is 0.230 e. The van der Waals surface area contributed by atoms with Crippen LogP contribution < -0.4 is 11.1 Å². The zero-order chi connectivity index (χ0) is 22.8. The predicted octanol–water partition coefficient (Wildman–Crippen LogP) is 4.03. The van der Waals surface area contributed by atoms with Crippen LogP contribution in [0.3, 0.4) is 0 Å². The molecule has 4 aliphatic carbocycles. The number of aryl methyl sites for hydroxylation is 2. The number of carbonyl (C=O) groups is 2. The number of rotatable bonds is 5. The molecule has 6 heteroatoms. The minimum atomic E-state index is -0.659. The normalized spacial score (nSPS) is 31.0. The summed E-state index contributed by atoms with van der Waals surface area (Å²) in [6.07, 6.45) is 4.80. The summed E-state index contributed by atoms with van der Waals surface area (Å²) in [5.41, 5.74) is 8.71. The third-order valence-corrected chi connectivity index (χ3v) is 8.59. The average molecular weight is 436 g/mol. The van der Waals surface area contributed by atoms with Crippen LogP contribution >= 0.6 is 0 Å². The summed E-state index contributed by atoms with van der Waals surface area (Å²) in [4.78, 5) is 25.7. The smallest absolute Gasteiger partial charge is 0.230 e. The van der Waals surface area contributed by atoms with E-state index in [0.29, 0.717) is 17.8 Å². The standard InChI is InChI=1S/C26H33N3O3/c1-14-21(15(2)32-29-14)17-5-7-20(8-6-17)25(3,4)24(31)28-22-18-9-16-10-19(22)13-26(11-16,12-18)23(27)30/h5-8,16,18-19,22H,9-13H2,1-4H3,(H2,27,30)(H,28,31)/t16?,18-,19+,22?,26?. The second kappa shape index (κ2) is 7.19. The fraction of sp³-hybridized carbons (Fsp3) is 0.577. The second-order valence-corrected chi connectivity index (χ2v) is 11.0. The molecule has 4 saturated carbocycles. The van der Waals surface area contributed by atoms with Gasteiger partial charge in [0.05, 0.1) is 11.1 Å². The van der Waals surface area contributed by atoms with Crippen LogP contribution in [0.15, 0.2) is 28.8 Å². The SMILES string of the molecule is Cc1noc(C)c1-c1ccc(C(C)(C)C(=O)NC2[C@@H]3CC4C[C@H]2CC(C(N)=O)(C4)C3)cc1. The molecule has 4 fully saturated rings. The first-order valence-electron chi connectivity index (χ1n) is 11.8. The molecule has 4 bridgehead atoms. The average Bonchev–Trinajstić information content (AvgIpc) is 3.08. The van der Waals surface area contributed by atoms with Gasteiger partial charge in [-0.15, -0.1) is 0 Å². The number of hydrogen-bond donors (Lipinski definition) is 2. The Morgan fingerprint density at radius 1 is 1.09 bits per heavy atom. The van der Waals surface area contributed by atoms with Crippen LogP contribution in [0.4, 0.5) is 0 Å². The molecule has 32 heavy (non-hydrogen) atoms. The van der Waals surface area contributed by atoms with E-state index >= 15 is 0 Å². The summed E-state index contributed by atoms with van der Waals surface area (Å²) in [7, 11) is 0. The monoisotopic (exact) mass is 435 g/mol. The Hall–Kier alpha value is -2.63. The van der Waals surface area contributed by atoms with E-state index in [1.165, 1.54) is 0 Å². The van der Waals surface area contributed by atoms with Crippen LogP contribution in [-0.4, -0.2) is 23.0 Å². The molecule has 0 spiro atoms. The molecule has 5 atom stereocenters. The van der Waals surface area contributed by atoms with Gasteiger partial charge in [-0.3, -0.25) is 9.59 Å². The molecule has 1 aromatic heterocycles. The Labute approximate surface area is 189 Å². The van der Waals surface area contributed by atoms with Gasteiger partial charge in [-0.1, -0.05) is 29.4 Å². The van der Waals surface area contributed by atoms with Gasteiger partial charge in [0.1, 0.15) is 5.76 Å². The van der Waals surface area contributed by atoms with E-state index in [1.807, 2.05) is 52.0 Å². The van der Waals surface area contributed by atoms with Crippen molar-refractivity contribution in [3.63, 3.8) is 0 Å². The number of hydrogen-bond acceptors (Lipinski definition) is 4. The Morgan fingerprint density at radius 3 is 2.25 bits per heavy atom. The third-order valence-electron chi connectivity index (χ3n) is 8.59. The van der Waals surface area contributed by atoms with Gasteiger partial charge < -0.3 is 15.6 Å². The van der Waals surface area contributed by atoms with Crippen LogP contribution in [0.2, 0.25) is 0 Å². The molecule has 2 aromatic rings. The van der Waals surface area contributed by atoms with E-state index in [-0.39, 0.29) is 23.3 Å². The molecule has 170 valence electrons. The molecular weight excluding hydrogens is 402 g/mol. The topological polar surface area (TPSA) is 98.2 Å². The highest BCUT2D eigenvalue weighted by Gasteiger charge is 2.58. The number of nitrogens with zero attached hydrogens (tertiary/aromatic N) is 1. The first-order valence-corrected chi connectivity index (χ1v) is 11.8. The van der Waals surface area contributed by atoms with E-state index in [2.05, 4.69) is 10.5 Å². The van der Waals surface area contributed by atoms with Crippen molar-refractivity contribution in [2.45, 2.75) is 71.3 Å². The van der Waals surface area contributed by atoms with Crippen molar-refractivity contribution >= 4 is 11.8 Å². The van der Waals surface area contributed by atoms with E-state index in [1.54, 1.807) is 0 Å². The number of amides is 2. The lowest BCUT2D eigenvalue weighted by molar-refractivity contribution is -0.148. The molecule has 6 rings (SSSR count). The van der Waals surface area contributed by atoms with Crippen molar-refractivity contribution < 1.29 is 14.1 Å². The van der Waals surface area contributed by atoms with Gasteiger partial charge in [-0.25, -0.2) is 0 Å². The van der Waals surface area contributed by atoms with Gasteiger partial charge in [-0.05, 0) is 88.7 Å². The summed E-state index contributed by atoms with van der Waals surface area (Å²) in [5, 5.41) is 7.44. The van der Waals surface area contributed by atoms with Crippen molar-refractivity contribution in [3.05, 3.63) is 41.3 Å². The zero-order valence-corrected chi connectivity index (χ0v) is 19.4. The quantitative estimate of drug-likeness (QED) is 0.741. The molecule has 0 radical (unpaired) electrons. The molecule has 0 saturated heterocycles. The largest absolute Gasteiger partial charge is 0.369 e. The van der Waals surface area contributed by atoms with Crippen molar-refractivity contribution in [2.24, 2.45) is 28.9 Å².